The fraction of sp³-hybridized carbons (Fsp3) is 0.588. The van der Waals surface area contributed by atoms with Gasteiger partial charge in [0, 0.05) is 19.6 Å². The molecule has 0 atom stereocenters. The number of aromatic nitrogens is 2. The van der Waals surface area contributed by atoms with Crippen LogP contribution in [0.15, 0.2) is 16.2 Å². The predicted molar refractivity (Wildman–Crippen MR) is 95.7 cm³/mol. The minimum Gasteiger partial charge on any atom is -0.354 e. The van der Waals surface area contributed by atoms with E-state index in [0.717, 1.165) is 38.0 Å². The second-order valence-corrected chi connectivity index (χ2v) is 7.65. The molecule has 2 aliphatic rings. The SMILES string of the molecule is O=C(Cn1c(N2CCCCC2)nc2ccsc2c1=O)NCC1CC1. The fourth-order valence-electron chi connectivity index (χ4n) is 3.19. The molecule has 1 saturated heterocycles. The highest BCUT2D eigenvalue weighted by Crippen LogP contribution is 2.27. The van der Waals surface area contributed by atoms with E-state index in [0.29, 0.717) is 16.6 Å². The zero-order chi connectivity index (χ0) is 16.5. The maximum Gasteiger partial charge on any atom is 0.273 e. The van der Waals surface area contributed by atoms with Crippen LogP contribution in [0.5, 0.6) is 0 Å². The number of hydrogen-bond donors (Lipinski definition) is 1. The fourth-order valence-corrected chi connectivity index (χ4v) is 3.97. The topological polar surface area (TPSA) is 67.2 Å². The van der Waals surface area contributed by atoms with E-state index < -0.39 is 0 Å². The summed E-state index contributed by atoms with van der Waals surface area (Å²) in [5.74, 6) is 1.18. The standard InChI is InChI=1S/C17H22N4O2S/c22-14(18-10-12-4-5-12)11-21-16(23)15-13(6-9-24-15)19-17(21)20-7-2-1-3-8-20/h6,9,12H,1-5,7-8,10-11H2,(H,18,22). The van der Waals surface area contributed by atoms with Gasteiger partial charge in [-0.3, -0.25) is 14.2 Å². The number of fused-ring (bicyclic) bond motifs is 1. The molecule has 4 rings (SSSR count). The van der Waals surface area contributed by atoms with Gasteiger partial charge in [-0.2, -0.15) is 0 Å². The summed E-state index contributed by atoms with van der Waals surface area (Å²) in [6.07, 6.45) is 5.81. The van der Waals surface area contributed by atoms with Gasteiger partial charge in [0.1, 0.15) is 11.2 Å². The Balaban J connectivity index is 1.65. The molecule has 3 heterocycles. The van der Waals surface area contributed by atoms with E-state index >= 15 is 0 Å². The number of hydrogen-bond acceptors (Lipinski definition) is 5. The molecule has 6 nitrogen and oxygen atoms in total. The van der Waals surface area contributed by atoms with E-state index in [1.165, 1.54) is 30.6 Å². The number of anilines is 1. The van der Waals surface area contributed by atoms with E-state index in [-0.39, 0.29) is 18.0 Å². The Kier molecular flexibility index (Phi) is 4.26. The number of carbonyl (C=O) groups excluding carboxylic acids is 1. The lowest BCUT2D eigenvalue weighted by molar-refractivity contribution is -0.121. The molecule has 2 fully saturated rings. The molecule has 1 aliphatic carbocycles. The Morgan fingerprint density at radius 3 is 2.83 bits per heavy atom. The first kappa shape index (κ1) is 15.6. The number of nitrogens with zero attached hydrogens (tertiary/aromatic N) is 3. The molecule has 0 unspecified atom stereocenters. The first-order chi connectivity index (χ1) is 11.7. The van der Waals surface area contributed by atoms with Crippen LogP contribution in [-0.2, 0) is 11.3 Å². The highest BCUT2D eigenvalue weighted by Gasteiger charge is 2.23. The summed E-state index contributed by atoms with van der Waals surface area (Å²) in [6, 6.07) is 1.88. The Morgan fingerprint density at radius 1 is 1.29 bits per heavy atom. The summed E-state index contributed by atoms with van der Waals surface area (Å²) >= 11 is 1.39. The van der Waals surface area contributed by atoms with Crippen LogP contribution in [0, 0.1) is 5.92 Å². The van der Waals surface area contributed by atoms with Crippen LogP contribution in [0.25, 0.3) is 10.2 Å². The third-order valence-electron chi connectivity index (χ3n) is 4.77. The summed E-state index contributed by atoms with van der Waals surface area (Å²) in [6.45, 7) is 2.57. The van der Waals surface area contributed by atoms with Crippen LogP contribution >= 0.6 is 11.3 Å². The molecule has 0 bridgehead atoms. The minimum absolute atomic E-state index is 0.0538. The van der Waals surface area contributed by atoms with Gasteiger partial charge in [-0.1, -0.05) is 0 Å². The van der Waals surface area contributed by atoms with Crippen LogP contribution in [-0.4, -0.2) is 35.1 Å². The van der Waals surface area contributed by atoms with Gasteiger partial charge in [-0.15, -0.1) is 11.3 Å². The lowest BCUT2D eigenvalue weighted by atomic mass is 10.1. The molecule has 0 radical (unpaired) electrons. The molecule has 1 aliphatic heterocycles. The summed E-state index contributed by atoms with van der Waals surface area (Å²) in [5.41, 5.74) is 0.636. The van der Waals surface area contributed by atoms with Gasteiger partial charge in [0.25, 0.3) is 5.56 Å². The number of amides is 1. The van der Waals surface area contributed by atoms with Crippen LogP contribution < -0.4 is 15.8 Å². The van der Waals surface area contributed by atoms with Crippen molar-refractivity contribution >= 4 is 33.4 Å². The van der Waals surface area contributed by atoms with Gasteiger partial charge in [0.05, 0.1) is 5.52 Å². The van der Waals surface area contributed by atoms with Gasteiger partial charge in [-0.05, 0) is 49.5 Å². The van der Waals surface area contributed by atoms with E-state index in [2.05, 4.69) is 10.2 Å². The van der Waals surface area contributed by atoms with Gasteiger partial charge in [-0.25, -0.2) is 4.98 Å². The third-order valence-corrected chi connectivity index (χ3v) is 5.66. The molecule has 1 saturated carbocycles. The Morgan fingerprint density at radius 2 is 2.08 bits per heavy atom. The van der Waals surface area contributed by atoms with E-state index in [9.17, 15) is 9.59 Å². The van der Waals surface area contributed by atoms with Crippen molar-refractivity contribution in [1.82, 2.24) is 14.9 Å². The van der Waals surface area contributed by atoms with E-state index in [4.69, 9.17) is 4.98 Å². The molecule has 7 heteroatoms. The zero-order valence-corrected chi connectivity index (χ0v) is 14.5. The molecule has 2 aromatic heterocycles. The average molecular weight is 346 g/mol. The van der Waals surface area contributed by atoms with Crippen LogP contribution in [0.4, 0.5) is 5.95 Å². The lowest BCUT2D eigenvalue weighted by Crippen LogP contribution is -2.39. The summed E-state index contributed by atoms with van der Waals surface area (Å²) in [5, 5.41) is 4.84. The Hall–Kier alpha value is -1.89. The Bertz CT molecular complexity index is 803. The van der Waals surface area contributed by atoms with Crippen molar-refractivity contribution in [1.29, 1.82) is 0 Å². The first-order valence-corrected chi connectivity index (χ1v) is 9.60. The van der Waals surface area contributed by atoms with Crippen LogP contribution in [0.3, 0.4) is 0 Å². The first-order valence-electron chi connectivity index (χ1n) is 8.72. The monoisotopic (exact) mass is 346 g/mol. The van der Waals surface area contributed by atoms with Gasteiger partial charge in [0.2, 0.25) is 11.9 Å². The summed E-state index contributed by atoms with van der Waals surface area (Å²) < 4.78 is 2.19. The number of rotatable bonds is 5. The number of thiophene rings is 1. The maximum atomic E-state index is 12.9. The smallest absolute Gasteiger partial charge is 0.273 e. The molecule has 1 amide bonds. The van der Waals surface area contributed by atoms with Crippen LogP contribution in [0.1, 0.15) is 32.1 Å². The van der Waals surface area contributed by atoms with Crippen molar-refractivity contribution in [3.05, 3.63) is 21.8 Å². The van der Waals surface area contributed by atoms with Crippen LogP contribution in [0.2, 0.25) is 0 Å². The molecule has 0 aromatic carbocycles. The molecular formula is C17H22N4O2S. The summed E-state index contributed by atoms with van der Waals surface area (Å²) in [4.78, 5) is 32.0. The predicted octanol–water partition coefficient (Wildman–Crippen LogP) is 1.97. The molecule has 0 spiro atoms. The zero-order valence-electron chi connectivity index (χ0n) is 13.7. The molecule has 24 heavy (non-hydrogen) atoms. The van der Waals surface area contributed by atoms with Crippen molar-refractivity contribution in [2.45, 2.75) is 38.6 Å². The van der Waals surface area contributed by atoms with E-state index in [1.807, 2.05) is 11.4 Å². The largest absolute Gasteiger partial charge is 0.354 e. The maximum absolute atomic E-state index is 12.9. The molecule has 1 N–H and O–H groups in total. The van der Waals surface area contributed by atoms with Crippen molar-refractivity contribution in [2.24, 2.45) is 5.92 Å². The van der Waals surface area contributed by atoms with Gasteiger partial charge >= 0.3 is 0 Å². The highest BCUT2D eigenvalue weighted by atomic mass is 32.1. The van der Waals surface area contributed by atoms with Crippen molar-refractivity contribution in [3.63, 3.8) is 0 Å². The van der Waals surface area contributed by atoms with Crippen molar-refractivity contribution < 1.29 is 4.79 Å². The average Bonchev–Trinajstić information content (AvgIpc) is 3.31. The second-order valence-electron chi connectivity index (χ2n) is 6.73. The normalized spacial score (nSPS) is 18.1. The summed E-state index contributed by atoms with van der Waals surface area (Å²) in [7, 11) is 0. The number of carbonyl (C=O) groups is 1. The molecular weight excluding hydrogens is 324 g/mol. The van der Waals surface area contributed by atoms with Gasteiger partial charge < -0.3 is 10.2 Å². The lowest BCUT2D eigenvalue weighted by Gasteiger charge is -2.29. The van der Waals surface area contributed by atoms with Crippen molar-refractivity contribution in [3.8, 4) is 0 Å². The number of nitrogens with one attached hydrogen (secondary N) is 1. The highest BCUT2D eigenvalue weighted by molar-refractivity contribution is 7.17. The Labute approximate surface area is 144 Å². The third kappa shape index (κ3) is 3.17. The number of piperidine rings is 1. The van der Waals surface area contributed by atoms with E-state index in [1.54, 1.807) is 4.57 Å². The van der Waals surface area contributed by atoms with Gasteiger partial charge in [0.15, 0.2) is 0 Å². The molecule has 2 aromatic rings. The minimum atomic E-state index is -0.0999. The quantitative estimate of drug-likeness (QED) is 0.899. The second kappa shape index (κ2) is 6.55. The van der Waals surface area contributed by atoms with Crippen molar-refractivity contribution in [2.75, 3.05) is 24.5 Å². The molecule has 128 valence electrons.